The molecule has 0 unspecified atom stereocenters. The molecule has 0 atom stereocenters. The molecule has 158 valence electrons. The van der Waals surface area contributed by atoms with Gasteiger partial charge in [0.1, 0.15) is 0 Å². The number of thioether (sulfide) groups is 1. The SMILES string of the molecule is CCc1ccccc1NC(=O)CN(C)C(=O)CSc1nnc(-c2cccs2)n1CC. The minimum absolute atomic E-state index is 0.00163. The van der Waals surface area contributed by atoms with Crippen LogP contribution in [0.15, 0.2) is 46.9 Å². The third kappa shape index (κ3) is 5.28. The average molecular weight is 444 g/mol. The van der Waals surface area contributed by atoms with E-state index in [1.165, 1.54) is 16.7 Å². The van der Waals surface area contributed by atoms with Crippen LogP contribution in [0, 0.1) is 0 Å². The van der Waals surface area contributed by atoms with Crippen molar-refractivity contribution >= 4 is 40.6 Å². The van der Waals surface area contributed by atoms with E-state index in [4.69, 9.17) is 0 Å². The fourth-order valence-corrected chi connectivity index (χ4v) is 4.61. The highest BCUT2D eigenvalue weighted by Crippen LogP contribution is 2.27. The Morgan fingerprint density at radius 1 is 1.17 bits per heavy atom. The summed E-state index contributed by atoms with van der Waals surface area (Å²) in [6, 6.07) is 11.7. The maximum atomic E-state index is 12.5. The van der Waals surface area contributed by atoms with E-state index >= 15 is 0 Å². The summed E-state index contributed by atoms with van der Waals surface area (Å²) in [5.74, 6) is 0.651. The quantitative estimate of drug-likeness (QED) is 0.509. The zero-order valence-electron chi connectivity index (χ0n) is 17.3. The van der Waals surface area contributed by atoms with Crippen molar-refractivity contribution in [1.82, 2.24) is 19.7 Å². The lowest BCUT2D eigenvalue weighted by Gasteiger charge is -2.17. The Morgan fingerprint density at radius 2 is 1.97 bits per heavy atom. The molecule has 7 nitrogen and oxygen atoms in total. The number of amides is 2. The van der Waals surface area contributed by atoms with Gasteiger partial charge in [-0.1, -0.05) is 43.0 Å². The van der Waals surface area contributed by atoms with Gasteiger partial charge in [0.2, 0.25) is 11.8 Å². The number of rotatable bonds is 9. The first-order valence-corrected chi connectivity index (χ1v) is 11.6. The number of para-hydroxylation sites is 1. The Labute approximate surface area is 184 Å². The van der Waals surface area contributed by atoms with Crippen molar-refractivity contribution in [1.29, 1.82) is 0 Å². The lowest BCUT2D eigenvalue weighted by Crippen LogP contribution is -2.36. The summed E-state index contributed by atoms with van der Waals surface area (Å²) in [6.07, 6.45) is 0.827. The Kier molecular flexibility index (Phi) is 7.64. The van der Waals surface area contributed by atoms with Gasteiger partial charge < -0.3 is 14.8 Å². The molecule has 3 rings (SSSR count). The number of benzene rings is 1. The molecule has 3 aromatic rings. The van der Waals surface area contributed by atoms with Crippen molar-refractivity contribution in [3.63, 3.8) is 0 Å². The van der Waals surface area contributed by atoms with Crippen LogP contribution in [0.1, 0.15) is 19.4 Å². The zero-order valence-corrected chi connectivity index (χ0v) is 18.9. The van der Waals surface area contributed by atoms with Gasteiger partial charge in [-0.15, -0.1) is 21.5 Å². The van der Waals surface area contributed by atoms with E-state index in [9.17, 15) is 9.59 Å². The molecule has 2 amide bonds. The molecule has 0 aliphatic carbocycles. The van der Waals surface area contributed by atoms with Crippen LogP contribution < -0.4 is 5.32 Å². The summed E-state index contributed by atoms with van der Waals surface area (Å²) in [5.41, 5.74) is 1.85. The predicted molar refractivity (Wildman–Crippen MR) is 122 cm³/mol. The van der Waals surface area contributed by atoms with Crippen molar-refractivity contribution in [3.05, 3.63) is 47.3 Å². The number of thiophene rings is 1. The second-order valence-corrected chi connectivity index (χ2v) is 8.52. The maximum absolute atomic E-state index is 12.5. The Bertz CT molecular complexity index is 1000. The third-order valence-corrected chi connectivity index (χ3v) is 6.40. The summed E-state index contributed by atoms with van der Waals surface area (Å²) in [7, 11) is 1.63. The minimum Gasteiger partial charge on any atom is -0.336 e. The van der Waals surface area contributed by atoms with Gasteiger partial charge in [-0.05, 0) is 36.4 Å². The number of nitrogens with one attached hydrogen (secondary N) is 1. The molecule has 0 bridgehead atoms. The molecule has 0 aliphatic rings. The fraction of sp³-hybridized carbons (Fsp3) is 0.333. The second kappa shape index (κ2) is 10.4. The highest BCUT2D eigenvalue weighted by molar-refractivity contribution is 7.99. The smallest absolute Gasteiger partial charge is 0.243 e. The molecular formula is C21H25N5O2S2. The molecule has 9 heteroatoms. The molecule has 1 N–H and O–H groups in total. The third-order valence-electron chi connectivity index (χ3n) is 4.58. The van der Waals surface area contributed by atoms with Crippen LogP contribution in [0.25, 0.3) is 10.7 Å². The lowest BCUT2D eigenvalue weighted by atomic mass is 10.1. The Morgan fingerprint density at radius 3 is 2.67 bits per heavy atom. The van der Waals surface area contributed by atoms with E-state index in [0.717, 1.165) is 28.4 Å². The number of carbonyl (C=O) groups is 2. The van der Waals surface area contributed by atoms with Crippen molar-refractivity contribution < 1.29 is 9.59 Å². The first kappa shape index (κ1) is 22.0. The van der Waals surface area contributed by atoms with Crippen LogP contribution in [0.3, 0.4) is 0 Å². The monoisotopic (exact) mass is 443 g/mol. The fourth-order valence-electron chi connectivity index (χ4n) is 2.95. The summed E-state index contributed by atoms with van der Waals surface area (Å²) >= 11 is 2.94. The normalized spacial score (nSPS) is 10.8. The number of aromatic nitrogens is 3. The van der Waals surface area contributed by atoms with E-state index in [1.807, 2.05) is 60.2 Å². The van der Waals surface area contributed by atoms with Gasteiger partial charge in [-0.3, -0.25) is 9.59 Å². The van der Waals surface area contributed by atoms with E-state index in [-0.39, 0.29) is 24.1 Å². The average Bonchev–Trinajstić information content (AvgIpc) is 3.41. The van der Waals surface area contributed by atoms with Crippen molar-refractivity contribution in [2.75, 3.05) is 24.7 Å². The van der Waals surface area contributed by atoms with Crippen molar-refractivity contribution in [3.8, 4) is 10.7 Å². The number of hydrogen-bond acceptors (Lipinski definition) is 6. The van der Waals surface area contributed by atoms with Crippen LogP contribution >= 0.6 is 23.1 Å². The first-order chi connectivity index (χ1) is 14.5. The van der Waals surface area contributed by atoms with Crippen molar-refractivity contribution in [2.24, 2.45) is 0 Å². The predicted octanol–water partition coefficient (Wildman–Crippen LogP) is 3.78. The van der Waals surface area contributed by atoms with Gasteiger partial charge in [-0.2, -0.15) is 0 Å². The number of hydrogen-bond donors (Lipinski definition) is 1. The Balaban J connectivity index is 1.55. The van der Waals surface area contributed by atoms with Crippen LogP contribution in [-0.2, 0) is 22.6 Å². The van der Waals surface area contributed by atoms with E-state index < -0.39 is 0 Å². The minimum atomic E-state index is -0.214. The van der Waals surface area contributed by atoms with Gasteiger partial charge in [0, 0.05) is 19.3 Å². The molecule has 0 aliphatic heterocycles. The number of nitrogens with zero attached hydrogens (tertiary/aromatic N) is 4. The molecule has 0 spiro atoms. The number of anilines is 1. The van der Waals surface area contributed by atoms with E-state index in [2.05, 4.69) is 15.5 Å². The molecule has 0 fully saturated rings. The highest BCUT2D eigenvalue weighted by atomic mass is 32.2. The molecule has 2 aromatic heterocycles. The van der Waals surface area contributed by atoms with Crippen LogP contribution in [0.5, 0.6) is 0 Å². The van der Waals surface area contributed by atoms with Gasteiger partial charge >= 0.3 is 0 Å². The van der Waals surface area contributed by atoms with Crippen LogP contribution in [-0.4, -0.2) is 50.8 Å². The second-order valence-electron chi connectivity index (χ2n) is 6.63. The Hall–Kier alpha value is -2.65. The first-order valence-electron chi connectivity index (χ1n) is 9.75. The molecule has 0 saturated heterocycles. The number of likely N-dealkylation sites (N-methyl/N-ethyl adjacent to an activating group) is 1. The number of carbonyl (C=O) groups excluding carboxylic acids is 2. The summed E-state index contributed by atoms with van der Waals surface area (Å²) in [5, 5.41) is 14.1. The van der Waals surface area contributed by atoms with Gasteiger partial charge in [-0.25, -0.2) is 0 Å². The molecule has 1 aromatic carbocycles. The van der Waals surface area contributed by atoms with Crippen LogP contribution in [0.2, 0.25) is 0 Å². The van der Waals surface area contributed by atoms with Gasteiger partial charge in [0.25, 0.3) is 0 Å². The molecular weight excluding hydrogens is 418 g/mol. The molecule has 0 radical (unpaired) electrons. The largest absolute Gasteiger partial charge is 0.336 e. The summed E-state index contributed by atoms with van der Waals surface area (Å²) in [6.45, 7) is 4.78. The van der Waals surface area contributed by atoms with Gasteiger partial charge in [0.15, 0.2) is 11.0 Å². The zero-order chi connectivity index (χ0) is 21.5. The molecule has 30 heavy (non-hydrogen) atoms. The molecule has 0 saturated carbocycles. The maximum Gasteiger partial charge on any atom is 0.243 e. The lowest BCUT2D eigenvalue weighted by molar-refractivity contribution is -0.131. The standard InChI is InChI=1S/C21H25N5O2S2/c1-4-15-9-6-7-10-16(15)22-18(27)13-25(3)19(28)14-30-21-24-23-20(26(21)5-2)17-11-8-12-29-17/h6-12H,4-5,13-14H2,1-3H3,(H,22,27). The van der Waals surface area contributed by atoms with Gasteiger partial charge in [0.05, 0.1) is 17.2 Å². The highest BCUT2D eigenvalue weighted by Gasteiger charge is 2.18. The number of aryl methyl sites for hydroxylation is 1. The van der Waals surface area contributed by atoms with Crippen LogP contribution in [0.4, 0.5) is 5.69 Å². The van der Waals surface area contributed by atoms with E-state index in [1.54, 1.807) is 18.4 Å². The summed E-state index contributed by atoms with van der Waals surface area (Å²) in [4.78, 5) is 27.4. The van der Waals surface area contributed by atoms with Crippen molar-refractivity contribution in [2.45, 2.75) is 32.0 Å². The topological polar surface area (TPSA) is 80.1 Å². The van der Waals surface area contributed by atoms with E-state index in [0.29, 0.717) is 11.7 Å². The molecule has 2 heterocycles. The summed E-state index contributed by atoms with van der Waals surface area (Å²) < 4.78 is 2.00.